The Labute approximate surface area is 317 Å². The molecular weight excluding hydrogens is 720 g/mol. The minimum Gasteiger partial charge on any atom is -0.508 e. The van der Waals surface area contributed by atoms with Crippen LogP contribution in [0.4, 0.5) is 0 Å². The molecule has 6 unspecified atom stereocenters. The van der Waals surface area contributed by atoms with Crippen LogP contribution >= 0.6 is 0 Å². The van der Waals surface area contributed by atoms with Crippen molar-refractivity contribution >= 4 is 47.3 Å². The number of primary amides is 1. The van der Waals surface area contributed by atoms with E-state index in [1.54, 1.807) is 30.3 Å². The van der Waals surface area contributed by atoms with Crippen molar-refractivity contribution < 1.29 is 53.7 Å². The number of benzene rings is 2. The zero-order valence-electron chi connectivity index (χ0n) is 30.7. The van der Waals surface area contributed by atoms with Crippen molar-refractivity contribution in [1.29, 1.82) is 0 Å². The van der Waals surface area contributed by atoms with Crippen molar-refractivity contribution in [1.82, 2.24) is 31.9 Å². The summed E-state index contributed by atoms with van der Waals surface area (Å²) in [6.07, 6.45) is -0.860. The summed E-state index contributed by atoms with van der Waals surface area (Å²) in [6, 6.07) is 6.01. The van der Waals surface area contributed by atoms with E-state index < -0.39 is 103 Å². The van der Waals surface area contributed by atoms with Crippen molar-refractivity contribution in [3.8, 4) is 5.75 Å². The monoisotopic (exact) mass is 770 g/mol. The predicted molar refractivity (Wildman–Crippen MR) is 196 cm³/mol. The van der Waals surface area contributed by atoms with Gasteiger partial charge in [-0.25, -0.2) is 0 Å². The second kappa shape index (κ2) is 22.2. The van der Waals surface area contributed by atoms with Gasteiger partial charge in [-0.05, 0) is 42.5 Å². The SMILES string of the molecule is CC(C)CC(NC(=O)CNC(=O)C(Cc1ccccc1)NC(=O)C(C)NC(=O)C(Cc1ccc(O)cc1)NC(=O)C(CC(=O)O)NC(=O)C(N)CO)C(N)=O. The molecule has 0 saturated heterocycles. The molecule has 13 N–H and O–H groups in total. The number of aliphatic hydroxyl groups is 1. The van der Waals surface area contributed by atoms with Gasteiger partial charge in [-0.1, -0.05) is 56.3 Å². The number of aliphatic carboxylic acids is 1. The van der Waals surface area contributed by atoms with Crippen LogP contribution in [0, 0.1) is 5.92 Å². The molecular formula is C36H50N8O11. The number of carbonyl (C=O) groups excluding carboxylic acids is 7. The van der Waals surface area contributed by atoms with Crippen LogP contribution in [0.1, 0.15) is 44.7 Å². The number of phenols is 1. The largest absolute Gasteiger partial charge is 0.508 e. The predicted octanol–water partition coefficient (Wildman–Crippen LogP) is -2.94. The van der Waals surface area contributed by atoms with Gasteiger partial charge < -0.3 is 58.7 Å². The van der Waals surface area contributed by atoms with Crippen LogP contribution in [-0.4, -0.2) is 112 Å². The minimum absolute atomic E-state index is 0.0197. The highest BCUT2D eigenvalue weighted by atomic mass is 16.4. The molecule has 0 fully saturated rings. The molecule has 0 saturated carbocycles. The van der Waals surface area contributed by atoms with Crippen molar-refractivity contribution in [3.63, 3.8) is 0 Å². The quantitative estimate of drug-likeness (QED) is 0.0573. The second-order valence-electron chi connectivity index (χ2n) is 13.2. The first-order valence-electron chi connectivity index (χ1n) is 17.4. The number of amides is 7. The standard InChI is InChI=1S/C36H50N8O11/c1-19(2)13-25(31(38)50)41-29(47)17-39-34(53)26(14-21-7-5-4-6-8-21)42-32(51)20(3)40-35(54)27(15-22-9-11-23(46)12-10-22)44-36(55)28(16-30(48)49)43-33(52)24(37)18-45/h4-12,19-20,24-28,45-46H,13-18,37H2,1-3H3,(H2,38,50)(H,39,53)(H,40,54)(H,41,47)(H,42,51)(H,43,52)(H,44,55)(H,48,49). The average molecular weight is 771 g/mol. The number of carbonyl (C=O) groups is 8. The zero-order chi connectivity index (χ0) is 41.2. The van der Waals surface area contributed by atoms with E-state index in [-0.39, 0.29) is 30.9 Å². The number of phenolic OH excluding ortho intramolecular Hbond substituents is 1. The summed E-state index contributed by atoms with van der Waals surface area (Å²) in [5, 5.41) is 42.7. The van der Waals surface area contributed by atoms with Gasteiger partial charge in [0.1, 0.15) is 42.0 Å². The Balaban J connectivity index is 2.25. The molecule has 0 aliphatic rings. The normalized spacial score (nSPS) is 14.1. The third-order valence-electron chi connectivity index (χ3n) is 8.03. The summed E-state index contributed by atoms with van der Waals surface area (Å²) in [7, 11) is 0. The van der Waals surface area contributed by atoms with Gasteiger partial charge in [0.05, 0.1) is 19.6 Å². The van der Waals surface area contributed by atoms with Crippen LogP contribution < -0.4 is 43.4 Å². The molecule has 7 amide bonds. The molecule has 2 aromatic rings. The molecule has 0 radical (unpaired) electrons. The first-order chi connectivity index (χ1) is 25.9. The van der Waals surface area contributed by atoms with Gasteiger partial charge in [-0.15, -0.1) is 0 Å². The molecule has 19 heteroatoms. The van der Waals surface area contributed by atoms with Crippen LogP contribution in [0.5, 0.6) is 5.75 Å². The Morgan fingerprint density at radius 1 is 0.655 bits per heavy atom. The highest BCUT2D eigenvalue weighted by Gasteiger charge is 2.32. The summed E-state index contributed by atoms with van der Waals surface area (Å²) in [5.74, 6) is -7.56. The van der Waals surface area contributed by atoms with Crippen LogP contribution in [0.2, 0.25) is 0 Å². The second-order valence-corrected chi connectivity index (χ2v) is 13.2. The fourth-order valence-corrected chi connectivity index (χ4v) is 5.08. The number of rotatable bonds is 22. The fraction of sp³-hybridized carbons (Fsp3) is 0.444. The van der Waals surface area contributed by atoms with Crippen molar-refractivity contribution in [2.45, 2.75) is 82.7 Å². The van der Waals surface area contributed by atoms with Gasteiger partial charge in [0.15, 0.2) is 0 Å². The maximum absolute atomic E-state index is 13.6. The molecule has 55 heavy (non-hydrogen) atoms. The molecule has 2 rings (SSSR count). The Morgan fingerprint density at radius 2 is 1.18 bits per heavy atom. The maximum atomic E-state index is 13.6. The van der Waals surface area contributed by atoms with E-state index in [0.29, 0.717) is 11.1 Å². The Morgan fingerprint density at radius 3 is 1.73 bits per heavy atom. The van der Waals surface area contributed by atoms with E-state index in [2.05, 4.69) is 31.9 Å². The zero-order valence-corrected chi connectivity index (χ0v) is 30.7. The average Bonchev–Trinajstić information content (AvgIpc) is 3.12. The van der Waals surface area contributed by atoms with Crippen molar-refractivity contribution in [2.24, 2.45) is 17.4 Å². The lowest BCUT2D eigenvalue weighted by Crippen LogP contribution is -2.59. The van der Waals surface area contributed by atoms with Crippen LogP contribution in [0.3, 0.4) is 0 Å². The maximum Gasteiger partial charge on any atom is 0.305 e. The van der Waals surface area contributed by atoms with Gasteiger partial charge in [0.25, 0.3) is 0 Å². The van der Waals surface area contributed by atoms with E-state index in [9.17, 15) is 53.7 Å². The number of carboxylic acid groups (broad SMARTS) is 1. The van der Waals surface area contributed by atoms with Crippen molar-refractivity contribution in [2.75, 3.05) is 13.2 Å². The molecule has 6 atom stereocenters. The first kappa shape index (κ1) is 45.1. The first-order valence-corrected chi connectivity index (χ1v) is 17.4. The topological polar surface area (TPSA) is 321 Å². The smallest absolute Gasteiger partial charge is 0.305 e. The molecule has 2 aromatic carbocycles. The van der Waals surface area contributed by atoms with Crippen LogP contribution in [0.15, 0.2) is 54.6 Å². The number of hydrogen-bond donors (Lipinski definition) is 11. The molecule has 0 aliphatic carbocycles. The summed E-state index contributed by atoms with van der Waals surface area (Å²) >= 11 is 0. The van der Waals surface area contributed by atoms with Crippen LogP contribution in [-0.2, 0) is 51.2 Å². The molecule has 0 spiro atoms. The van der Waals surface area contributed by atoms with Gasteiger partial charge in [0, 0.05) is 12.8 Å². The lowest BCUT2D eigenvalue weighted by Gasteiger charge is -2.25. The fourth-order valence-electron chi connectivity index (χ4n) is 5.08. The van der Waals surface area contributed by atoms with E-state index in [1.807, 2.05) is 13.8 Å². The summed E-state index contributed by atoms with van der Waals surface area (Å²) in [4.78, 5) is 102. The molecule has 0 aliphatic heterocycles. The summed E-state index contributed by atoms with van der Waals surface area (Å²) < 4.78 is 0. The Hall–Kier alpha value is -6.08. The molecule has 0 heterocycles. The van der Waals surface area contributed by atoms with E-state index in [0.717, 1.165) is 0 Å². The minimum atomic E-state index is -1.71. The number of nitrogens with two attached hydrogens (primary N) is 2. The number of aliphatic hydroxyl groups excluding tert-OH is 1. The molecule has 0 bridgehead atoms. The van der Waals surface area contributed by atoms with E-state index in [4.69, 9.17) is 11.5 Å². The molecule has 300 valence electrons. The summed E-state index contributed by atoms with van der Waals surface area (Å²) in [5.41, 5.74) is 12.0. The van der Waals surface area contributed by atoms with Gasteiger partial charge in [-0.2, -0.15) is 0 Å². The van der Waals surface area contributed by atoms with Gasteiger partial charge >= 0.3 is 5.97 Å². The number of hydrogen-bond acceptors (Lipinski definition) is 11. The number of nitrogens with one attached hydrogen (secondary N) is 6. The van der Waals surface area contributed by atoms with E-state index in [1.165, 1.54) is 31.2 Å². The Kier molecular flexibility index (Phi) is 18.2. The highest BCUT2D eigenvalue weighted by molar-refractivity contribution is 5.97. The highest BCUT2D eigenvalue weighted by Crippen LogP contribution is 2.12. The molecule has 0 aromatic heterocycles. The number of aromatic hydroxyl groups is 1. The van der Waals surface area contributed by atoms with Gasteiger partial charge in [0.2, 0.25) is 41.4 Å². The van der Waals surface area contributed by atoms with Gasteiger partial charge in [-0.3, -0.25) is 38.4 Å². The lowest BCUT2D eigenvalue weighted by molar-refractivity contribution is -0.141. The number of carboxylic acids is 1. The van der Waals surface area contributed by atoms with E-state index >= 15 is 0 Å². The third-order valence-corrected chi connectivity index (χ3v) is 8.03. The van der Waals surface area contributed by atoms with Crippen molar-refractivity contribution in [3.05, 3.63) is 65.7 Å². The lowest BCUT2D eigenvalue weighted by atomic mass is 10.0. The molecule has 19 nitrogen and oxygen atoms in total. The third kappa shape index (κ3) is 16.2. The van der Waals surface area contributed by atoms with Crippen LogP contribution in [0.25, 0.3) is 0 Å². The summed E-state index contributed by atoms with van der Waals surface area (Å²) in [6.45, 7) is 3.65. The Bertz CT molecular complexity index is 1660.